The predicted molar refractivity (Wildman–Crippen MR) is 95.3 cm³/mol. The molecule has 0 spiro atoms. The zero-order valence-electron chi connectivity index (χ0n) is 14.4. The monoisotopic (exact) mass is 378 g/mol. The fraction of sp³-hybridized carbons (Fsp3) is 0.389. The third-order valence-corrected chi connectivity index (χ3v) is 4.72. The molecule has 0 unspecified atom stereocenters. The summed E-state index contributed by atoms with van der Waals surface area (Å²) in [6, 6.07) is 3.14. The zero-order valence-corrected chi connectivity index (χ0v) is 15.1. The number of carbonyl (C=O) groups is 1. The van der Waals surface area contributed by atoms with Gasteiger partial charge in [-0.3, -0.25) is 0 Å². The van der Waals surface area contributed by atoms with Crippen LogP contribution in [0.25, 0.3) is 0 Å². The van der Waals surface area contributed by atoms with Gasteiger partial charge in [0.2, 0.25) is 0 Å². The summed E-state index contributed by atoms with van der Waals surface area (Å²) in [5.74, 6) is 0.206. The number of aliphatic hydroxyl groups is 1. The van der Waals surface area contributed by atoms with Crippen molar-refractivity contribution in [3.8, 4) is 0 Å². The van der Waals surface area contributed by atoms with Gasteiger partial charge in [-0.15, -0.1) is 0 Å². The highest BCUT2D eigenvalue weighted by Gasteiger charge is 2.24. The van der Waals surface area contributed by atoms with E-state index in [9.17, 15) is 14.3 Å². The Hall–Kier alpha value is -2.25. The molecule has 1 aromatic carbocycles. The van der Waals surface area contributed by atoms with Gasteiger partial charge < -0.3 is 15.3 Å². The molecule has 0 radical (unpaired) electrons. The van der Waals surface area contributed by atoms with Gasteiger partial charge >= 0.3 is 6.03 Å². The van der Waals surface area contributed by atoms with E-state index in [1.807, 2.05) is 13.1 Å². The normalized spacial score (nSPS) is 14.7. The van der Waals surface area contributed by atoms with Gasteiger partial charge in [0.25, 0.3) is 0 Å². The van der Waals surface area contributed by atoms with Gasteiger partial charge in [-0.25, -0.2) is 19.2 Å². The minimum absolute atomic E-state index is 0.0501. The van der Waals surface area contributed by atoms with Crippen molar-refractivity contribution >= 4 is 17.6 Å². The first-order valence-electron chi connectivity index (χ1n) is 8.46. The van der Waals surface area contributed by atoms with Crippen LogP contribution in [-0.2, 0) is 19.4 Å². The summed E-state index contributed by atoms with van der Waals surface area (Å²) in [5, 5.41) is 12.3. The lowest BCUT2D eigenvalue weighted by molar-refractivity contribution is 0.176. The van der Waals surface area contributed by atoms with Crippen molar-refractivity contribution in [1.82, 2.24) is 20.2 Å². The quantitative estimate of drug-likeness (QED) is 0.857. The van der Waals surface area contributed by atoms with Crippen LogP contribution in [0.4, 0.5) is 9.18 Å². The molecule has 6 nitrogen and oxygen atoms in total. The Balaban J connectivity index is 1.71. The summed E-state index contributed by atoms with van der Waals surface area (Å²) >= 11 is 5.79. The molecule has 0 fully saturated rings. The summed E-state index contributed by atoms with van der Waals surface area (Å²) < 4.78 is 13.3. The van der Waals surface area contributed by atoms with E-state index >= 15 is 0 Å². The number of rotatable bonds is 4. The van der Waals surface area contributed by atoms with Gasteiger partial charge in [0.1, 0.15) is 11.6 Å². The number of carbonyl (C=O) groups excluding carboxylic acids is 1. The number of amides is 2. The highest BCUT2D eigenvalue weighted by molar-refractivity contribution is 6.30. The number of aliphatic hydroxyl groups excluding tert-OH is 1. The Labute approximate surface area is 156 Å². The van der Waals surface area contributed by atoms with E-state index in [0.717, 1.165) is 23.5 Å². The Morgan fingerprint density at radius 2 is 2.31 bits per heavy atom. The molecule has 0 bridgehead atoms. The molecule has 1 aliphatic rings. The molecular weight excluding hydrogens is 359 g/mol. The first-order valence-corrected chi connectivity index (χ1v) is 8.84. The molecular formula is C18H20ClFN4O2. The Morgan fingerprint density at radius 3 is 3.00 bits per heavy atom. The molecule has 1 atom stereocenters. The lowest BCUT2D eigenvalue weighted by Gasteiger charge is -2.30. The van der Waals surface area contributed by atoms with Crippen molar-refractivity contribution in [3.05, 3.63) is 57.9 Å². The number of benzene rings is 1. The van der Waals surface area contributed by atoms with Crippen LogP contribution in [0.3, 0.4) is 0 Å². The molecule has 138 valence electrons. The number of fused-ring (bicyclic) bond motifs is 1. The third kappa shape index (κ3) is 3.94. The van der Waals surface area contributed by atoms with Gasteiger partial charge in [0, 0.05) is 19.2 Å². The molecule has 0 aliphatic carbocycles. The maximum atomic E-state index is 13.3. The summed E-state index contributed by atoms with van der Waals surface area (Å²) in [4.78, 5) is 23.0. The van der Waals surface area contributed by atoms with Gasteiger partial charge in [-0.1, -0.05) is 24.6 Å². The molecule has 8 heteroatoms. The first kappa shape index (κ1) is 18.5. The number of nitrogens with one attached hydrogen (secondary N) is 1. The number of aryl methyl sites for hydroxylation is 1. The summed E-state index contributed by atoms with van der Waals surface area (Å²) in [5.41, 5.74) is 2.44. The highest BCUT2D eigenvalue weighted by Crippen LogP contribution is 2.22. The fourth-order valence-corrected chi connectivity index (χ4v) is 3.08. The van der Waals surface area contributed by atoms with Gasteiger partial charge in [-0.05, 0) is 29.7 Å². The van der Waals surface area contributed by atoms with Crippen molar-refractivity contribution < 1.29 is 14.3 Å². The second-order valence-electron chi connectivity index (χ2n) is 6.14. The van der Waals surface area contributed by atoms with Crippen LogP contribution >= 0.6 is 11.6 Å². The minimum Gasteiger partial charge on any atom is -0.394 e. The second kappa shape index (κ2) is 7.97. The van der Waals surface area contributed by atoms with Crippen LogP contribution in [-0.4, -0.2) is 39.2 Å². The number of nitrogens with zero attached hydrogens (tertiary/aromatic N) is 3. The van der Waals surface area contributed by atoms with Crippen LogP contribution in [0.2, 0.25) is 5.02 Å². The van der Waals surface area contributed by atoms with Crippen LogP contribution in [0.15, 0.2) is 24.4 Å². The summed E-state index contributed by atoms with van der Waals surface area (Å²) in [6.45, 7) is 2.59. The van der Waals surface area contributed by atoms with Crippen molar-refractivity contribution in [3.63, 3.8) is 0 Å². The fourth-order valence-electron chi connectivity index (χ4n) is 2.89. The number of hydrogen-bond donors (Lipinski definition) is 2. The molecule has 2 N–H and O–H groups in total. The largest absolute Gasteiger partial charge is 0.394 e. The summed E-state index contributed by atoms with van der Waals surface area (Å²) in [6.07, 6.45) is 3.24. The number of urea groups is 1. The van der Waals surface area contributed by atoms with Crippen LogP contribution < -0.4 is 5.32 Å². The predicted octanol–water partition coefficient (Wildman–Crippen LogP) is 2.63. The highest BCUT2D eigenvalue weighted by atomic mass is 35.5. The van der Waals surface area contributed by atoms with Gasteiger partial charge in [0.05, 0.1) is 29.9 Å². The van der Waals surface area contributed by atoms with E-state index < -0.39 is 11.9 Å². The Morgan fingerprint density at radius 1 is 1.50 bits per heavy atom. The molecule has 3 rings (SSSR count). The van der Waals surface area contributed by atoms with E-state index in [1.165, 1.54) is 18.2 Å². The lowest BCUT2D eigenvalue weighted by Crippen LogP contribution is -2.45. The van der Waals surface area contributed by atoms with E-state index in [-0.39, 0.29) is 17.7 Å². The summed E-state index contributed by atoms with van der Waals surface area (Å²) in [7, 11) is 0. The maximum Gasteiger partial charge on any atom is 0.318 e. The number of aromatic nitrogens is 2. The molecule has 2 heterocycles. The molecule has 0 saturated heterocycles. The van der Waals surface area contributed by atoms with Crippen molar-refractivity contribution in [2.75, 3.05) is 13.2 Å². The van der Waals surface area contributed by atoms with E-state index in [4.69, 9.17) is 11.6 Å². The average molecular weight is 379 g/mol. The topological polar surface area (TPSA) is 78.4 Å². The second-order valence-corrected chi connectivity index (χ2v) is 6.55. The van der Waals surface area contributed by atoms with Crippen LogP contribution in [0.5, 0.6) is 0 Å². The van der Waals surface area contributed by atoms with Crippen molar-refractivity contribution in [2.24, 2.45) is 0 Å². The SMILES string of the molecule is CCc1ncc2c(n1)CN(C(=O)N[C@H](CO)c1ccc(F)c(Cl)c1)CC2. The lowest BCUT2D eigenvalue weighted by atomic mass is 10.1. The van der Waals surface area contributed by atoms with E-state index in [1.54, 1.807) is 4.90 Å². The third-order valence-electron chi connectivity index (χ3n) is 4.43. The molecule has 26 heavy (non-hydrogen) atoms. The molecule has 0 saturated carbocycles. The standard InChI is InChI=1S/C18H20ClFN4O2/c1-2-17-21-8-12-5-6-24(9-15(12)22-17)18(26)23-16(10-25)11-3-4-14(20)13(19)7-11/h3-4,7-8,16,25H,2,5-6,9-10H2,1H3,(H,23,26)/t16-/m1/s1. The van der Waals surface area contributed by atoms with Crippen LogP contribution in [0.1, 0.15) is 35.6 Å². The molecule has 1 aliphatic heterocycles. The van der Waals surface area contributed by atoms with Crippen molar-refractivity contribution in [1.29, 1.82) is 0 Å². The van der Waals surface area contributed by atoms with Crippen LogP contribution in [0, 0.1) is 5.82 Å². The minimum atomic E-state index is -0.668. The molecule has 2 aromatic rings. The zero-order chi connectivity index (χ0) is 18.7. The smallest absolute Gasteiger partial charge is 0.318 e. The van der Waals surface area contributed by atoms with Gasteiger partial charge in [0.15, 0.2) is 0 Å². The van der Waals surface area contributed by atoms with Crippen molar-refractivity contribution in [2.45, 2.75) is 32.4 Å². The first-order chi connectivity index (χ1) is 12.5. The molecule has 1 aromatic heterocycles. The maximum absolute atomic E-state index is 13.3. The Kier molecular flexibility index (Phi) is 5.68. The van der Waals surface area contributed by atoms with E-state index in [2.05, 4.69) is 15.3 Å². The molecule has 2 amide bonds. The van der Waals surface area contributed by atoms with Gasteiger partial charge in [-0.2, -0.15) is 0 Å². The average Bonchev–Trinajstić information content (AvgIpc) is 2.67. The van der Waals surface area contributed by atoms with E-state index in [0.29, 0.717) is 25.1 Å². The number of halogens is 2. The number of hydrogen-bond acceptors (Lipinski definition) is 4. The Bertz CT molecular complexity index is 818.